The van der Waals surface area contributed by atoms with E-state index in [1.165, 1.54) is 10.9 Å². The second kappa shape index (κ2) is 6.70. The Labute approximate surface area is 173 Å². The number of hydrogen-bond donors (Lipinski definition) is 1. The fourth-order valence-corrected chi connectivity index (χ4v) is 4.75. The summed E-state index contributed by atoms with van der Waals surface area (Å²) < 4.78 is 1.83. The van der Waals surface area contributed by atoms with Gasteiger partial charge in [0.1, 0.15) is 5.82 Å². The lowest BCUT2D eigenvalue weighted by molar-refractivity contribution is 0.686. The molecule has 0 atom stereocenters. The van der Waals surface area contributed by atoms with Gasteiger partial charge in [0.05, 0.1) is 22.3 Å². The maximum absolute atomic E-state index is 13.6. The normalized spacial score (nSPS) is 13.6. The highest BCUT2D eigenvalue weighted by Crippen LogP contribution is 2.35. The SMILES string of the molecule is O=c1c2ccccc2nc2n1-c1ccccc1-c1[nH]c3ccccc3c1CCCC2. The lowest BCUT2D eigenvalue weighted by Gasteiger charge is -2.19. The van der Waals surface area contributed by atoms with Crippen LogP contribution in [0.5, 0.6) is 0 Å². The number of hydrogen-bond acceptors (Lipinski definition) is 2. The largest absolute Gasteiger partial charge is 0.354 e. The molecule has 0 fully saturated rings. The number of para-hydroxylation sites is 3. The van der Waals surface area contributed by atoms with Crippen LogP contribution >= 0.6 is 0 Å². The molecule has 1 aliphatic rings. The summed E-state index contributed by atoms with van der Waals surface area (Å²) in [7, 11) is 0. The van der Waals surface area contributed by atoms with E-state index in [9.17, 15) is 4.79 Å². The van der Waals surface area contributed by atoms with Crippen molar-refractivity contribution in [1.82, 2.24) is 14.5 Å². The van der Waals surface area contributed by atoms with Gasteiger partial charge in [-0.1, -0.05) is 48.5 Å². The minimum absolute atomic E-state index is 0.00119. The van der Waals surface area contributed by atoms with Crippen molar-refractivity contribution in [3.8, 4) is 16.9 Å². The van der Waals surface area contributed by atoms with Gasteiger partial charge in [0, 0.05) is 22.9 Å². The number of benzene rings is 3. The molecule has 30 heavy (non-hydrogen) atoms. The maximum atomic E-state index is 13.6. The van der Waals surface area contributed by atoms with Gasteiger partial charge < -0.3 is 4.98 Å². The quantitative estimate of drug-likeness (QED) is 0.384. The van der Waals surface area contributed by atoms with E-state index in [0.29, 0.717) is 5.39 Å². The molecule has 0 saturated heterocycles. The van der Waals surface area contributed by atoms with Crippen LogP contribution in [0.4, 0.5) is 0 Å². The van der Waals surface area contributed by atoms with Gasteiger partial charge in [0.25, 0.3) is 5.56 Å². The molecule has 5 aromatic rings. The first-order valence-electron chi connectivity index (χ1n) is 10.5. The Kier molecular flexibility index (Phi) is 3.85. The molecule has 3 heterocycles. The molecule has 3 aromatic carbocycles. The molecule has 0 unspecified atom stereocenters. The van der Waals surface area contributed by atoms with Crippen molar-refractivity contribution >= 4 is 21.8 Å². The molecule has 146 valence electrons. The van der Waals surface area contributed by atoms with E-state index in [1.54, 1.807) is 0 Å². The smallest absolute Gasteiger partial charge is 0.265 e. The van der Waals surface area contributed by atoms with Crippen molar-refractivity contribution in [2.75, 3.05) is 0 Å². The fourth-order valence-electron chi connectivity index (χ4n) is 4.75. The summed E-state index contributed by atoms with van der Waals surface area (Å²) in [5.74, 6) is 0.839. The average Bonchev–Trinajstić information content (AvgIpc) is 3.15. The average molecular weight is 391 g/mol. The van der Waals surface area contributed by atoms with Crippen molar-refractivity contribution in [2.24, 2.45) is 0 Å². The Morgan fingerprint density at radius 1 is 0.800 bits per heavy atom. The van der Waals surface area contributed by atoms with Crippen LogP contribution in [0.15, 0.2) is 77.6 Å². The molecule has 4 nitrogen and oxygen atoms in total. The van der Waals surface area contributed by atoms with E-state index < -0.39 is 0 Å². The molecule has 4 heteroatoms. The predicted molar refractivity (Wildman–Crippen MR) is 121 cm³/mol. The van der Waals surface area contributed by atoms with Gasteiger partial charge >= 0.3 is 0 Å². The van der Waals surface area contributed by atoms with E-state index in [1.807, 2.05) is 47.0 Å². The van der Waals surface area contributed by atoms with E-state index in [4.69, 9.17) is 4.98 Å². The minimum Gasteiger partial charge on any atom is -0.354 e. The summed E-state index contributed by atoms with van der Waals surface area (Å²) in [4.78, 5) is 22.1. The summed E-state index contributed by atoms with van der Waals surface area (Å²) in [5.41, 5.74) is 6.30. The zero-order valence-corrected chi connectivity index (χ0v) is 16.6. The monoisotopic (exact) mass is 391 g/mol. The first kappa shape index (κ1) is 17.2. The van der Waals surface area contributed by atoms with Crippen molar-refractivity contribution < 1.29 is 0 Å². The van der Waals surface area contributed by atoms with Gasteiger partial charge in [-0.2, -0.15) is 0 Å². The molecule has 6 rings (SSSR count). The molecule has 0 aliphatic carbocycles. The number of fused-ring (bicyclic) bond motifs is 8. The topological polar surface area (TPSA) is 50.7 Å². The van der Waals surface area contributed by atoms with Crippen LogP contribution in [0, 0.1) is 0 Å². The summed E-state index contributed by atoms with van der Waals surface area (Å²) in [5, 5.41) is 1.93. The molecule has 1 N–H and O–H groups in total. The maximum Gasteiger partial charge on any atom is 0.265 e. The van der Waals surface area contributed by atoms with Crippen LogP contribution in [0.2, 0.25) is 0 Å². The number of nitrogens with zero attached hydrogens (tertiary/aromatic N) is 2. The van der Waals surface area contributed by atoms with Crippen molar-refractivity contribution in [3.63, 3.8) is 0 Å². The number of H-pyrrole nitrogens is 1. The number of nitrogens with one attached hydrogen (secondary N) is 1. The number of rotatable bonds is 0. The van der Waals surface area contributed by atoms with Crippen LogP contribution in [0.25, 0.3) is 38.8 Å². The molecular weight excluding hydrogens is 370 g/mol. The zero-order chi connectivity index (χ0) is 20.1. The minimum atomic E-state index is 0.00119. The third-order valence-electron chi connectivity index (χ3n) is 6.15. The molecule has 0 amide bonds. The highest BCUT2D eigenvalue weighted by atomic mass is 16.1. The first-order chi connectivity index (χ1) is 14.8. The predicted octanol–water partition coefficient (Wildman–Crippen LogP) is 5.41. The molecule has 2 aromatic heterocycles. The number of aromatic nitrogens is 3. The third-order valence-corrected chi connectivity index (χ3v) is 6.15. The van der Waals surface area contributed by atoms with Gasteiger partial charge in [0.2, 0.25) is 0 Å². The fraction of sp³-hybridized carbons (Fsp3) is 0.154. The Hall–Kier alpha value is -3.66. The summed E-state index contributed by atoms with van der Waals surface area (Å²) in [6.07, 6.45) is 3.84. The van der Waals surface area contributed by atoms with Crippen molar-refractivity contribution in [3.05, 3.63) is 94.5 Å². The lowest BCUT2D eigenvalue weighted by Crippen LogP contribution is -2.25. The molecule has 0 spiro atoms. The Balaban J connectivity index is 1.73. The van der Waals surface area contributed by atoms with Crippen LogP contribution < -0.4 is 5.56 Å². The van der Waals surface area contributed by atoms with E-state index >= 15 is 0 Å². The van der Waals surface area contributed by atoms with Gasteiger partial charge in [0.15, 0.2) is 0 Å². The Morgan fingerprint density at radius 3 is 2.47 bits per heavy atom. The van der Waals surface area contributed by atoms with Crippen LogP contribution in [0.3, 0.4) is 0 Å². The summed E-state index contributed by atoms with van der Waals surface area (Å²) in [6, 6.07) is 24.3. The van der Waals surface area contributed by atoms with E-state index in [-0.39, 0.29) is 5.56 Å². The Morgan fingerprint density at radius 2 is 1.53 bits per heavy atom. The van der Waals surface area contributed by atoms with E-state index in [0.717, 1.165) is 59.5 Å². The molecular formula is C26H21N3O. The highest BCUT2D eigenvalue weighted by molar-refractivity contribution is 5.92. The summed E-state index contributed by atoms with van der Waals surface area (Å²) >= 11 is 0. The van der Waals surface area contributed by atoms with Gasteiger partial charge in [-0.3, -0.25) is 9.36 Å². The number of aryl methyl sites for hydroxylation is 2. The second-order valence-corrected chi connectivity index (χ2v) is 7.93. The van der Waals surface area contributed by atoms with Crippen molar-refractivity contribution in [2.45, 2.75) is 25.7 Å². The van der Waals surface area contributed by atoms with Crippen LogP contribution in [0.1, 0.15) is 24.2 Å². The number of aromatic amines is 1. The molecule has 1 aliphatic heterocycles. The standard InChI is InChI=1S/C26H21N3O/c30-26-19-11-2-6-14-22(19)27-24-16-8-4-10-18-17-9-1-5-13-21(17)28-25(18)20-12-3-7-15-23(20)29(24)26/h1-3,5-7,9,11-15,28H,4,8,10,16H2. The van der Waals surface area contributed by atoms with Gasteiger partial charge in [-0.15, -0.1) is 0 Å². The third kappa shape index (κ3) is 2.53. The van der Waals surface area contributed by atoms with Crippen LogP contribution in [-0.2, 0) is 12.8 Å². The van der Waals surface area contributed by atoms with E-state index in [2.05, 4.69) is 35.3 Å². The molecule has 0 saturated carbocycles. The molecule has 0 bridgehead atoms. The zero-order valence-electron chi connectivity index (χ0n) is 16.6. The second-order valence-electron chi connectivity index (χ2n) is 7.93. The molecule has 0 radical (unpaired) electrons. The summed E-state index contributed by atoms with van der Waals surface area (Å²) in [6.45, 7) is 0. The van der Waals surface area contributed by atoms with Crippen molar-refractivity contribution in [1.29, 1.82) is 0 Å². The van der Waals surface area contributed by atoms with Gasteiger partial charge in [-0.25, -0.2) is 4.98 Å². The Bertz CT molecular complexity index is 1480. The first-order valence-corrected chi connectivity index (χ1v) is 10.5. The van der Waals surface area contributed by atoms with Crippen LogP contribution in [-0.4, -0.2) is 14.5 Å². The lowest BCUT2D eigenvalue weighted by atomic mass is 9.97. The highest BCUT2D eigenvalue weighted by Gasteiger charge is 2.21. The van der Waals surface area contributed by atoms with Gasteiger partial charge in [-0.05, 0) is 49.1 Å².